The molecule has 0 aromatic heterocycles. The van der Waals surface area contributed by atoms with Gasteiger partial charge in [-0.15, -0.1) is 23.5 Å². The number of hydrogen-bond donors (Lipinski definition) is 0. The molecule has 138 valence electrons. The molecule has 3 aromatic rings. The van der Waals surface area contributed by atoms with Crippen LogP contribution < -0.4 is 9.47 Å². The molecule has 5 heteroatoms. The van der Waals surface area contributed by atoms with E-state index in [4.69, 9.17) is 14.2 Å². The van der Waals surface area contributed by atoms with Gasteiger partial charge in [-0.25, -0.2) is 0 Å². The maximum Gasteiger partial charge on any atom is 0.140 e. The first-order valence-corrected chi connectivity index (χ1v) is 10.8. The maximum atomic E-state index is 6.09. The van der Waals surface area contributed by atoms with Crippen molar-refractivity contribution in [2.24, 2.45) is 0 Å². The summed E-state index contributed by atoms with van der Waals surface area (Å²) in [4.78, 5) is 2.24. The zero-order chi connectivity index (χ0) is 18.3. The van der Waals surface area contributed by atoms with Crippen LogP contribution in [0, 0.1) is 0 Å². The van der Waals surface area contributed by atoms with Crippen LogP contribution in [-0.4, -0.2) is 24.7 Å². The van der Waals surface area contributed by atoms with E-state index < -0.39 is 0 Å². The van der Waals surface area contributed by atoms with Gasteiger partial charge >= 0.3 is 0 Å². The van der Waals surface area contributed by atoms with E-state index in [2.05, 4.69) is 12.1 Å². The molecule has 0 N–H and O–H groups in total. The molecule has 0 saturated heterocycles. The molecule has 0 spiro atoms. The van der Waals surface area contributed by atoms with Crippen LogP contribution in [0.3, 0.4) is 0 Å². The molecule has 0 amide bonds. The standard InChI is InChI=1S/C22H20O3S2/c1-3-7-21-19(5-1)24-17-9-11-18(12-10-17)25-20-6-2-4-8-22(20)27-16-14-23-13-15-26-21/h1-12H,13-16H2. The highest BCUT2D eigenvalue weighted by Crippen LogP contribution is 2.35. The van der Waals surface area contributed by atoms with Crippen LogP contribution >= 0.6 is 23.5 Å². The topological polar surface area (TPSA) is 27.7 Å². The molecular weight excluding hydrogens is 376 g/mol. The highest BCUT2D eigenvalue weighted by Gasteiger charge is 2.08. The van der Waals surface area contributed by atoms with E-state index in [1.54, 1.807) is 23.5 Å². The average molecular weight is 397 g/mol. The lowest BCUT2D eigenvalue weighted by atomic mass is 10.3. The fourth-order valence-electron chi connectivity index (χ4n) is 2.66. The molecule has 3 nitrogen and oxygen atoms in total. The fraction of sp³-hybridized carbons (Fsp3) is 0.182. The van der Waals surface area contributed by atoms with Crippen LogP contribution in [0.1, 0.15) is 0 Å². The maximum absolute atomic E-state index is 6.09. The van der Waals surface area contributed by atoms with E-state index in [9.17, 15) is 0 Å². The summed E-state index contributed by atoms with van der Waals surface area (Å²) in [6, 6.07) is 23.9. The minimum absolute atomic E-state index is 0.714. The molecule has 2 heterocycles. The summed E-state index contributed by atoms with van der Waals surface area (Å²) >= 11 is 3.51. The normalized spacial score (nSPS) is 15.0. The van der Waals surface area contributed by atoms with E-state index in [0.717, 1.165) is 44.3 Å². The summed E-state index contributed by atoms with van der Waals surface area (Å²) in [6.07, 6.45) is 0. The van der Waals surface area contributed by atoms with Gasteiger partial charge in [-0.1, -0.05) is 24.3 Å². The van der Waals surface area contributed by atoms with Gasteiger partial charge in [0.05, 0.1) is 23.0 Å². The first-order chi connectivity index (χ1) is 13.4. The second-order valence-corrected chi connectivity index (χ2v) is 8.15. The average Bonchev–Trinajstić information content (AvgIpc) is 2.71. The number of para-hydroxylation sites is 2. The minimum atomic E-state index is 0.714. The van der Waals surface area contributed by atoms with Crippen molar-refractivity contribution in [3.05, 3.63) is 72.8 Å². The molecule has 3 aromatic carbocycles. The van der Waals surface area contributed by atoms with Crippen molar-refractivity contribution in [2.75, 3.05) is 24.7 Å². The van der Waals surface area contributed by atoms with Gasteiger partial charge in [0.1, 0.15) is 23.0 Å². The Hall–Kier alpha value is -2.08. The molecule has 27 heavy (non-hydrogen) atoms. The summed E-state index contributed by atoms with van der Waals surface area (Å²) in [7, 11) is 0. The molecule has 0 unspecified atom stereocenters. The number of thioether (sulfide) groups is 2. The lowest BCUT2D eigenvalue weighted by molar-refractivity contribution is 0.167. The molecule has 0 atom stereocenters. The summed E-state index contributed by atoms with van der Waals surface area (Å²) < 4.78 is 18.0. The highest BCUT2D eigenvalue weighted by molar-refractivity contribution is 7.99. The van der Waals surface area contributed by atoms with E-state index >= 15 is 0 Å². The third-order valence-corrected chi connectivity index (χ3v) is 5.99. The number of hydrogen-bond acceptors (Lipinski definition) is 5. The van der Waals surface area contributed by atoms with Crippen molar-refractivity contribution in [3.8, 4) is 23.0 Å². The Morgan fingerprint density at radius 1 is 0.556 bits per heavy atom. The zero-order valence-corrected chi connectivity index (χ0v) is 16.4. The van der Waals surface area contributed by atoms with Crippen molar-refractivity contribution < 1.29 is 14.2 Å². The summed E-state index contributed by atoms with van der Waals surface area (Å²) in [5.41, 5.74) is 0. The van der Waals surface area contributed by atoms with Crippen molar-refractivity contribution >= 4 is 23.5 Å². The molecule has 0 saturated carbocycles. The SMILES string of the molecule is c1ccc2c(c1)Oc1ccc(cc1)Oc1ccccc1SCCOCCS2. The zero-order valence-electron chi connectivity index (χ0n) is 14.8. The highest BCUT2D eigenvalue weighted by atomic mass is 32.2. The van der Waals surface area contributed by atoms with Gasteiger partial charge < -0.3 is 14.2 Å². The van der Waals surface area contributed by atoms with E-state index in [1.807, 2.05) is 60.7 Å². The predicted molar refractivity (Wildman–Crippen MR) is 112 cm³/mol. The second-order valence-electron chi connectivity index (χ2n) is 5.88. The molecule has 2 bridgehead atoms. The Morgan fingerprint density at radius 2 is 1.00 bits per heavy atom. The van der Waals surface area contributed by atoms with Gasteiger partial charge in [0.2, 0.25) is 0 Å². The Labute approximate surface area is 168 Å². The fourth-order valence-corrected chi connectivity index (χ4v) is 4.36. The van der Waals surface area contributed by atoms with Gasteiger partial charge in [0, 0.05) is 11.5 Å². The Balaban J connectivity index is 1.60. The lowest BCUT2D eigenvalue weighted by Gasteiger charge is -2.12. The molecule has 0 fully saturated rings. The van der Waals surface area contributed by atoms with Crippen molar-refractivity contribution in [1.82, 2.24) is 0 Å². The van der Waals surface area contributed by atoms with Crippen LogP contribution in [0.25, 0.3) is 0 Å². The van der Waals surface area contributed by atoms with Gasteiger partial charge in [0.15, 0.2) is 0 Å². The number of ether oxygens (including phenoxy) is 3. The first kappa shape index (κ1) is 18.3. The van der Waals surface area contributed by atoms with E-state index in [0.29, 0.717) is 13.2 Å². The monoisotopic (exact) mass is 396 g/mol. The Kier molecular flexibility index (Phi) is 6.25. The number of fused-ring (bicyclic) bond motifs is 8. The molecular formula is C22H20O3S2. The van der Waals surface area contributed by atoms with Crippen LogP contribution in [0.5, 0.6) is 23.0 Å². The smallest absolute Gasteiger partial charge is 0.140 e. The first-order valence-electron chi connectivity index (χ1n) is 8.86. The lowest BCUT2D eigenvalue weighted by Crippen LogP contribution is -2.01. The minimum Gasteiger partial charge on any atom is -0.456 e. The number of benzene rings is 3. The van der Waals surface area contributed by atoms with Crippen molar-refractivity contribution in [1.29, 1.82) is 0 Å². The van der Waals surface area contributed by atoms with Gasteiger partial charge in [-0.05, 0) is 48.5 Å². The van der Waals surface area contributed by atoms with E-state index in [-0.39, 0.29) is 0 Å². The van der Waals surface area contributed by atoms with Crippen molar-refractivity contribution in [3.63, 3.8) is 0 Å². The largest absolute Gasteiger partial charge is 0.456 e. The third kappa shape index (κ3) is 5.01. The van der Waals surface area contributed by atoms with Gasteiger partial charge in [-0.2, -0.15) is 0 Å². The third-order valence-electron chi connectivity index (χ3n) is 3.95. The summed E-state index contributed by atoms with van der Waals surface area (Å²) in [5.74, 6) is 5.09. The van der Waals surface area contributed by atoms with Crippen LogP contribution in [0.4, 0.5) is 0 Å². The van der Waals surface area contributed by atoms with Gasteiger partial charge in [0.25, 0.3) is 0 Å². The molecule has 2 aliphatic rings. The number of rotatable bonds is 0. The van der Waals surface area contributed by atoms with E-state index in [1.165, 1.54) is 0 Å². The van der Waals surface area contributed by atoms with Crippen LogP contribution in [0.2, 0.25) is 0 Å². The van der Waals surface area contributed by atoms with Crippen LogP contribution in [0.15, 0.2) is 82.6 Å². The Bertz CT molecular complexity index is 808. The van der Waals surface area contributed by atoms with Crippen molar-refractivity contribution in [2.45, 2.75) is 9.79 Å². The van der Waals surface area contributed by atoms with Gasteiger partial charge in [-0.3, -0.25) is 0 Å². The Morgan fingerprint density at radius 3 is 1.48 bits per heavy atom. The quantitative estimate of drug-likeness (QED) is 0.433. The van der Waals surface area contributed by atoms with Crippen LogP contribution in [-0.2, 0) is 4.74 Å². The predicted octanol–water partition coefficient (Wildman–Crippen LogP) is 6.49. The molecule has 0 radical (unpaired) electrons. The summed E-state index contributed by atoms with van der Waals surface area (Å²) in [5, 5.41) is 0. The molecule has 5 rings (SSSR count). The second kappa shape index (κ2) is 9.22. The summed E-state index contributed by atoms with van der Waals surface area (Å²) in [6.45, 7) is 1.43. The molecule has 2 aliphatic heterocycles. The molecule has 0 aliphatic carbocycles.